The van der Waals surface area contributed by atoms with E-state index in [1.54, 1.807) is 6.92 Å². The highest BCUT2D eigenvalue weighted by Gasteiger charge is 2.05. The fourth-order valence-electron chi connectivity index (χ4n) is 0.211. The lowest BCUT2D eigenvalue weighted by Crippen LogP contribution is -2.14. The van der Waals surface area contributed by atoms with E-state index in [0.717, 1.165) is 6.42 Å². The lowest BCUT2D eigenvalue weighted by molar-refractivity contribution is -0.0790. The monoisotopic (exact) mass is 105 g/mol. The molecule has 0 aromatic carbocycles. The van der Waals surface area contributed by atoms with Gasteiger partial charge in [-0.05, 0) is 6.42 Å². The third-order valence-electron chi connectivity index (χ3n) is 1.15. The number of hydrogen-bond donors (Lipinski definition) is 2. The quantitative estimate of drug-likeness (QED) is 0.393. The highest BCUT2D eigenvalue weighted by atomic mass is 16.6. The van der Waals surface area contributed by atoms with Crippen LogP contribution in [0.15, 0.2) is 0 Å². The molecule has 0 aliphatic carbocycles. The van der Waals surface area contributed by atoms with Gasteiger partial charge in [0.05, 0.1) is 0 Å². The summed E-state index contributed by atoms with van der Waals surface area (Å²) in [6.07, 6.45) is -0.317. The summed E-state index contributed by atoms with van der Waals surface area (Å²) in [7, 11) is 0. The van der Waals surface area contributed by atoms with Crippen LogP contribution in [0.4, 0.5) is 0 Å². The van der Waals surface area contributed by atoms with Crippen LogP contribution in [0.2, 0.25) is 0 Å². The first-order valence-electron chi connectivity index (χ1n) is 2.54. The lowest BCUT2D eigenvalue weighted by atomic mass is 10.2. The van der Waals surface area contributed by atoms with E-state index in [1.165, 1.54) is 0 Å². The van der Waals surface area contributed by atoms with Crippen LogP contribution in [-0.4, -0.2) is 16.5 Å². The Hall–Kier alpha value is -0.0800. The minimum absolute atomic E-state index is 0.0139. The molecule has 1 unspecified atom stereocenters. The zero-order valence-electron chi connectivity index (χ0n) is 4.76. The van der Waals surface area contributed by atoms with Crippen LogP contribution in [0.5, 0.6) is 0 Å². The highest BCUT2D eigenvalue weighted by Crippen LogP contribution is 2.02. The van der Waals surface area contributed by atoms with Crippen LogP contribution in [0.1, 0.15) is 20.3 Å². The molecule has 0 amide bonds. The molecule has 0 radical (unpaired) electrons. The fraction of sp³-hybridized carbons (Fsp3) is 1.00. The number of hydrogen-bond acceptors (Lipinski definition) is 2. The van der Waals surface area contributed by atoms with E-state index in [2.05, 4.69) is 0 Å². The van der Waals surface area contributed by atoms with Crippen molar-refractivity contribution in [1.82, 2.24) is 0 Å². The second-order valence-electron chi connectivity index (χ2n) is 1.80. The summed E-state index contributed by atoms with van der Waals surface area (Å²) < 4.78 is 0. The van der Waals surface area contributed by atoms with Gasteiger partial charge in [-0.2, -0.15) is 0 Å². The molecule has 0 aromatic heterocycles. The largest absolute Gasteiger partial charge is 0.368 e. The summed E-state index contributed by atoms with van der Waals surface area (Å²) in [4.78, 5) is 0. The van der Waals surface area contributed by atoms with E-state index in [-0.39, 0.29) is 5.92 Å². The Labute approximate surface area is 43.8 Å². The predicted octanol–water partition coefficient (Wildman–Crippen LogP) is 0.343. The van der Waals surface area contributed by atoms with Gasteiger partial charge in [0.25, 0.3) is 0 Å². The molecule has 0 fully saturated rings. The van der Waals surface area contributed by atoms with Crippen LogP contribution in [-0.2, 0) is 0 Å². The molecule has 44 valence electrons. The van der Waals surface area contributed by atoms with E-state index in [4.69, 9.17) is 10.2 Å². The standard InChI is InChI=1S/C5H12O2/c1-3-4(2)5(6)7/h4-7H,3H2,1-2H3/i5+1. The molecule has 0 aromatic rings. The van der Waals surface area contributed by atoms with Gasteiger partial charge in [-0.15, -0.1) is 0 Å². The summed E-state index contributed by atoms with van der Waals surface area (Å²) in [5.74, 6) is 0.0139. The molecule has 0 aliphatic heterocycles. The molecule has 2 heteroatoms. The van der Waals surface area contributed by atoms with Gasteiger partial charge >= 0.3 is 0 Å². The van der Waals surface area contributed by atoms with Gasteiger partial charge in [0.2, 0.25) is 0 Å². The van der Waals surface area contributed by atoms with E-state index >= 15 is 0 Å². The van der Waals surface area contributed by atoms with Crippen molar-refractivity contribution in [2.75, 3.05) is 0 Å². The molecule has 1 atom stereocenters. The summed E-state index contributed by atoms with van der Waals surface area (Å²) in [6, 6.07) is 0. The number of rotatable bonds is 2. The van der Waals surface area contributed by atoms with Crippen molar-refractivity contribution in [3.8, 4) is 0 Å². The molecule has 0 heterocycles. The average molecular weight is 105 g/mol. The zero-order valence-corrected chi connectivity index (χ0v) is 4.76. The topological polar surface area (TPSA) is 40.5 Å². The van der Waals surface area contributed by atoms with Gasteiger partial charge in [0.15, 0.2) is 6.29 Å². The molecule has 7 heavy (non-hydrogen) atoms. The number of aliphatic hydroxyl groups excluding tert-OH is 1. The third-order valence-corrected chi connectivity index (χ3v) is 1.15. The second kappa shape index (κ2) is 2.99. The Morgan fingerprint density at radius 3 is 1.86 bits per heavy atom. The van der Waals surface area contributed by atoms with E-state index in [9.17, 15) is 0 Å². The molecule has 0 saturated carbocycles. The van der Waals surface area contributed by atoms with Crippen molar-refractivity contribution in [3.63, 3.8) is 0 Å². The minimum Gasteiger partial charge on any atom is -0.368 e. The maximum atomic E-state index is 8.38. The summed E-state index contributed by atoms with van der Waals surface area (Å²) in [6.45, 7) is 3.72. The van der Waals surface area contributed by atoms with E-state index in [0.29, 0.717) is 0 Å². The van der Waals surface area contributed by atoms with Crippen molar-refractivity contribution in [2.45, 2.75) is 26.6 Å². The van der Waals surface area contributed by atoms with E-state index in [1.807, 2.05) is 6.92 Å². The molecule has 0 aliphatic rings. The maximum Gasteiger partial charge on any atom is 0.154 e. The minimum atomic E-state index is -1.13. The zero-order chi connectivity index (χ0) is 5.86. The first-order chi connectivity index (χ1) is 3.18. The van der Waals surface area contributed by atoms with Crippen LogP contribution in [0.25, 0.3) is 0 Å². The smallest absolute Gasteiger partial charge is 0.154 e. The molecule has 0 spiro atoms. The Balaban J connectivity index is 3.14. The third kappa shape index (κ3) is 2.60. The Morgan fingerprint density at radius 2 is 1.86 bits per heavy atom. The molecular weight excluding hydrogens is 93.0 g/mol. The van der Waals surface area contributed by atoms with Gasteiger partial charge in [-0.1, -0.05) is 13.8 Å². The van der Waals surface area contributed by atoms with Gasteiger partial charge < -0.3 is 10.2 Å². The summed E-state index contributed by atoms with van der Waals surface area (Å²) >= 11 is 0. The molecule has 0 bridgehead atoms. The molecule has 2 nitrogen and oxygen atoms in total. The fourth-order valence-corrected chi connectivity index (χ4v) is 0.211. The first-order valence-corrected chi connectivity index (χ1v) is 2.54. The van der Waals surface area contributed by atoms with Crippen LogP contribution in [0.3, 0.4) is 0 Å². The average Bonchev–Trinajstić information content (AvgIpc) is 1.65. The van der Waals surface area contributed by atoms with Gasteiger partial charge in [-0.25, -0.2) is 0 Å². The molecule has 2 N–H and O–H groups in total. The van der Waals surface area contributed by atoms with Crippen molar-refractivity contribution in [1.29, 1.82) is 0 Å². The molecule has 0 rings (SSSR count). The van der Waals surface area contributed by atoms with Gasteiger partial charge in [-0.3, -0.25) is 0 Å². The van der Waals surface area contributed by atoms with Crippen molar-refractivity contribution >= 4 is 0 Å². The van der Waals surface area contributed by atoms with Crippen LogP contribution >= 0.6 is 0 Å². The second-order valence-corrected chi connectivity index (χ2v) is 1.80. The summed E-state index contributed by atoms with van der Waals surface area (Å²) in [5, 5.41) is 16.8. The normalized spacial score (nSPS) is 15.0. The van der Waals surface area contributed by atoms with Crippen molar-refractivity contribution in [2.24, 2.45) is 5.92 Å². The Kier molecular flexibility index (Phi) is 2.96. The first kappa shape index (κ1) is 6.92. The van der Waals surface area contributed by atoms with E-state index < -0.39 is 6.29 Å². The molecule has 0 saturated heterocycles. The van der Waals surface area contributed by atoms with Crippen molar-refractivity contribution < 1.29 is 10.2 Å². The Morgan fingerprint density at radius 1 is 1.43 bits per heavy atom. The van der Waals surface area contributed by atoms with Crippen LogP contribution < -0.4 is 0 Å². The highest BCUT2D eigenvalue weighted by molar-refractivity contribution is 4.47. The van der Waals surface area contributed by atoms with Gasteiger partial charge in [0, 0.05) is 5.92 Å². The Bertz CT molecular complexity index is 43.3. The number of aliphatic hydroxyl groups is 2. The van der Waals surface area contributed by atoms with Crippen molar-refractivity contribution in [3.05, 3.63) is 0 Å². The summed E-state index contributed by atoms with van der Waals surface area (Å²) in [5.41, 5.74) is 0. The predicted molar refractivity (Wildman–Crippen MR) is 27.7 cm³/mol. The SMILES string of the molecule is CCC(C)[13CH](O)O. The van der Waals surface area contributed by atoms with Crippen LogP contribution in [0, 0.1) is 5.92 Å². The lowest BCUT2D eigenvalue weighted by Gasteiger charge is -2.08. The maximum absolute atomic E-state index is 8.38. The van der Waals surface area contributed by atoms with Gasteiger partial charge in [0.1, 0.15) is 0 Å². The molecular formula is C5H12O2.